The van der Waals surface area contributed by atoms with Crippen LogP contribution in [0.4, 0.5) is 0 Å². The minimum Gasteiger partial charge on any atom is -0.325 e. The third-order valence-electron chi connectivity index (χ3n) is 2.24. The molecule has 80 valence electrons. The number of aromatic nitrogens is 3. The Morgan fingerprint density at radius 1 is 1.47 bits per heavy atom. The van der Waals surface area contributed by atoms with Crippen LogP contribution in [0, 0.1) is 0 Å². The maximum absolute atomic E-state index is 5.58. The summed E-state index contributed by atoms with van der Waals surface area (Å²) in [5.41, 5.74) is 8.33. The highest BCUT2D eigenvalue weighted by molar-refractivity contribution is 9.10. The Balaban J connectivity index is 2.54. The van der Waals surface area contributed by atoms with E-state index in [9.17, 15) is 0 Å². The molecule has 0 saturated heterocycles. The Morgan fingerprint density at radius 2 is 2.27 bits per heavy atom. The average Bonchev–Trinajstić information content (AvgIpc) is 2.56. The Hall–Kier alpha value is -0.940. The Bertz CT molecular complexity index is 477. The normalized spacial score (nSPS) is 11.1. The Morgan fingerprint density at radius 3 is 2.93 bits per heavy atom. The zero-order valence-corrected chi connectivity index (χ0v) is 10.2. The first-order valence-corrected chi connectivity index (χ1v) is 5.78. The molecule has 0 atom stereocenters. The van der Waals surface area contributed by atoms with Gasteiger partial charge < -0.3 is 5.73 Å². The van der Waals surface area contributed by atoms with Gasteiger partial charge in [-0.05, 0) is 34.5 Å². The van der Waals surface area contributed by atoms with E-state index in [1.54, 1.807) is 4.52 Å². The van der Waals surface area contributed by atoms with Crippen molar-refractivity contribution in [2.45, 2.75) is 26.3 Å². The lowest BCUT2D eigenvalue weighted by Crippen LogP contribution is -1.99. The number of nitrogens with two attached hydrogens (primary N) is 1. The molecule has 0 fully saturated rings. The molecule has 0 saturated carbocycles. The van der Waals surface area contributed by atoms with E-state index in [0.29, 0.717) is 6.54 Å². The van der Waals surface area contributed by atoms with Crippen molar-refractivity contribution in [3.63, 3.8) is 0 Å². The summed E-state index contributed by atoms with van der Waals surface area (Å²) >= 11 is 3.46. The summed E-state index contributed by atoms with van der Waals surface area (Å²) in [5, 5.41) is 4.48. The summed E-state index contributed by atoms with van der Waals surface area (Å²) in [6, 6.07) is 3.99. The van der Waals surface area contributed by atoms with E-state index in [4.69, 9.17) is 5.73 Å². The van der Waals surface area contributed by atoms with Crippen molar-refractivity contribution in [1.82, 2.24) is 14.6 Å². The van der Waals surface area contributed by atoms with Crippen LogP contribution in [0.15, 0.2) is 16.7 Å². The molecule has 0 radical (unpaired) electrons. The van der Waals surface area contributed by atoms with Gasteiger partial charge in [-0.25, -0.2) is 9.50 Å². The second-order valence-corrected chi connectivity index (χ2v) is 4.15. The first-order chi connectivity index (χ1) is 7.26. The lowest BCUT2D eigenvalue weighted by molar-refractivity contribution is 0.800. The average molecular weight is 269 g/mol. The minimum atomic E-state index is 0.424. The molecule has 0 aliphatic heterocycles. The quantitative estimate of drug-likeness (QED) is 0.925. The van der Waals surface area contributed by atoms with Crippen LogP contribution in [-0.2, 0) is 13.0 Å². The maximum atomic E-state index is 5.58. The highest BCUT2D eigenvalue weighted by atomic mass is 79.9. The van der Waals surface area contributed by atoms with Crippen LogP contribution in [0.1, 0.15) is 24.7 Å². The maximum Gasteiger partial charge on any atom is 0.155 e. The van der Waals surface area contributed by atoms with Crippen LogP contribution in [0.3, 0.4) is 0 Å². The number of nitrogens with zero attached hydrogens (tertiary/aromatic N) is 3. The zero-order valence-electron chi connectivity index (χ0n) is 8.57. The molecule has 2 rings (SSSR count). The SMILES string of the molecule is CCCc1ccc2nc(CN)c(Br)n2n1. The van der Waals surface area contributed by atoms with E-state index in [-0.39, 0.29) is 0 Å². The molecule has 2 aromatic rings. The smallest absolute Gasteiger partial charge is 0.155 e. The topological polar surface area (TPSA) is 56.2 Å². The number of imidazole rings is 1. The van der Waals surface area contributed by atoms with Crippen LogP contribution in [-0.4, -0.2) is 14.6 Å². The molecule has 2 N–H and O–H groups in total. The van der Waals surface area contributed by atoms with E-state index in [1.807, 2.05) is 12.1 Å². The molecule has 15 heavy (non-hydrogen) atoms. The predicted octanol–water partition coefficient (Wildman–Crippen LogP) is 1.90. The number of hydrogen-bond acceptors (Lipinski definition) is 3. The first-order valence-electron chi connectivity index (χ1n) is 4.99. The van der Waals surface area contributed by atoms with Gasteiger partial charge in [0, 0.05) is 6.54 Å². The summed E-state index contributed by atoms with van der Waals surface area (Å²) in [4.78, 5) is 4.36. The van der Waals surface area contributed by atoms with Gasteiger partial charge in [0.05, 0.1) is 11.4 Å². The van der Waals surface area contributed by atoms with E-state index in [2.05, 4.69) is 32.9 Å². The minimum absolute atomic E-state index is 0.424. The van der Waals surface area contributed by atoms with Gasteiger partial charge in [-0.2, -0.15) is 5.10 Å². The fraction of sp³-hybridized carbons (Fsp3) is 0.400. The summed E-state index contributed by atoms with van der Waals surface area (Å²) < 4.78 is 2.66. The molecule has 0 bridgehead atoms. The van der Waals surface area contributed by atoms with Crippen LogP contribution >= 0.6 is 15.9 Å². The summed E-state index contributed by atoms with van der Waals surface area (Å²) in [5.74, 6) is 0. The van der Waals surface area contributed by atoms with Gasteiger partial charge in [0.2, 0.25) is 0 Å². The number of hydrogen-bond donors (Lipinski definition) is 1. The second-order valence-electron chi connectivity index (χ2n) is 3.40. The van der Waals surface area contributed by atoms with Crippen molar-refractivity contribution in [3.05, 3.63) is 28.1 Å². The molecule has 0 aliphatic rings. The van der Waals surface area contributed by atoms with Crippen LogP contribution < -0.4 is 5.73 Å². The number of rotatable bonds is 3. The molecule has 0 aliphatic carbocycles. The van der Waals surface area contributed by atoms with Gasteiger partial charge in [0.1, 0.15) is 4.60 Å². The number of halogens is 1. The molecular formula is C10H13BrN4. The summed E-state index contributed by atoms with van der Waals surface area (Å²) in [6.07, 6.45) is 2.08. The van der Waals surface area contributed by atoms with Gasteiger partial charge >= 0.3 is 0 Å². The molecule has 0 unspecified atom stereocenters. The van der Waals surface area contributed by atoms with Gasteiger partial charge in [-0.15, -0.1) is 0 Å². The van der Waals surface area contributed by atoms with Crippen molar-refractivity contribution < 1.29 is 0 Å². The van der Waals surface area contributed by atoms with E-state index >= 15 is 0 Å². The van der Waals surface area contributed by atoms with E-state index in [1.165, 1.54) is 0 Å². The molecule has 2 heterocycles. The molecule has 0 amide bonds. The molecular weight excluding hydrogens is 256 g/mol. The van der Waals surface area contributed by atoms with Crippen molar-refractivity contribution in [3.8, 4) is 0 Å². The van der Waals surface area contributed by atoms with Gasteiger partial charge in [-0.3, -0.25) is 0 Å². The number of aryl methyl sites for hydroxylation is 1. The zero-order chi connectivity index (χ0) is 10.8. The Kier molecular flexibility index (Phi) is 3.02. The van der Waals surface area contributed by atoms with Gasteiger partial charge in [-0.1, -0.05) is 13.3 Å². The molecule has 2 aromatic heterocycles. The van der Waals surface area contributed by atoms with Crippen LogP contribution in [0.25, 0.3) is 5.65 Å². The monoisotopic (exact) mass is 268 g/mol. The van der Waals surface area contributed by atoms with Crippen LogP contribution in [0.2, 0.25) is 0 Å². The van der Waals surface area contributed by atoms with E-state index < -0.39 is 0 Å². The Labute approximate surface area is 96.6 Å². The summed E-state index contributed by atoms with van der Waals surface area (Å²) in [6.45, 7) is 2.56. The van der Waals surface area contributed by atoms with Gasteiger partial charge in [0.15, 0.2) is 5.65 Å². The highest BCUT2D eigenvalue weighted by Crippen LogP contribution is 2.17. The van der Waals surface area contributed by atoms with Gasteiger partial charge in [0.25, 0.3) is 0 Å². The largest absolute Gasteiger partial charge is 0.325 e. The molecule has 4 nitrogen and oxygen atoms in total. The van der Waals surface area contributed by atoms with Crippen molar-refractivity contribution in [2.75, 3.05) is 0 Å². The summed E-state index contributed by atoms with van der Waals surface area (Å²) in [7, 11) is 0. The standard InChI is InChI=1S/C10H13BrN4/c1-2-3-7-4-5-9-13-8(6-12)10(11)15(9)14-7/h4-5H,2-3,6,12H2,1H3. The third kappa shape index (κ3) is 1.89. The fourth-order valence-corrected chi connectivity index (χ4v) is 2.02. The molecule has 5 heteroatoms. The fourth-order valence-electron chi connectivity index (χ4n) is 1.51. The third-order valence-corrected chi connectivity index (χ3v) is 3.04. The van der Waals surface area contributed by atoms with Crippen molar-refractivity contribution in [2.24, 2.45) is 5.73 Å². The lowest BCUT2D eigenvalue weighted by atomic mass is 10.2. The molecule has 0 aromatic carbocycles. The molecule has 0 spiro atoms. The van der Waals surface area contributed by atoms with Crippen molar-refractivity contribution in [1.29, 1.82) is 0 Å². The van der Waals surface area contributed by atoms with E-state index in [0.717, 1.165) is 34.5 Å². The lowest BCUT2D eigenvalue weighted by Gasteiger charge is -1.99. The number of fused-ring (bicyclic) bond motifs is 1. The highest BCUT2D eigenvalue weighted by Gasteiger charge is 2.09. The second kappa shape index (κ2) is 4.28. The van der Waals surface area contributed by atoms with Crippen molar-refractivity contribution >= 4 is 21.6 Å². The van der Waals surface area contributed by atoms with Crippen LogP contribution in [0.5, 0.6) is 0 Å². The first kappa shape index (κ1) is 10.6. The predicted molar refractivity (Wildman–Crippen MR) is 62.6 cm³/mol.